The van der Waals surface area contributed by atoms with Crippen molar-refractivity contribution in [1.29, 1.82) is 0 Å². The van der Waals surface area contributed by atoms with Gasteiger partial charge in [0.2, 0.25) is 5.95 Å². The molecule has 0 radical (unpaired) electrons. The van der Waals surface area contributed by atoms with Gasteiger partial charge in [-0.15, -0.1) is 0 Å². The number of aryl methyl sites for hydroxylation is 2. The summed E-state index contributed by atoms with van der Waals surface area (Å²) < 4.78 is 0. The Kier molecular flexibility index (Phi) is 4.56. The van der Waals surface area contributed by atoms with Crippen molar-refractivity contribution < 1.29 is 4.79 Å². The fourth-order valence-electron chi connectivity index (χ4n) is 2.77. The lowest BCUT2D eigenvalue weighted by atomic mass is 10.0. The van der Waals surface area contributed by atoms with Gasteiger partial charge in [0.1, 0.15) is 5.65 Å². The molecule has 0 saturated carbocycles. The van der Waals surface area contributed by atoms with Gasteiger partial charge in [-0.3, -0.25) is 14.6 Å². The summed E-state index contributed by atoms with van der Waals surface area (Å²) in [6.07, 6.45) is 3.23. The van der Waals surface area contributed by atoms with Crippen molar-refractivity contribution in [3.05, 3.63) is 57.5 Å². The molecule has 0 spiro atoms. The van der Waals surface area contributed by atoms with Crippen molar-refractivity contribution in [3.63, 3.8) is 0 Å². The van der Waals surface area contributed by atoms with E-state index in [4.69, 9.17) is 5.73 Å². The Morgan fingerprint density at radius 3 is 2.64 bits per heavy atom. The number of nitrogens with one attached hydrogen (secondary N) is 3. The topological polar surface area (TPSA) is 117 Å². The molecule has 0 aliphatic carbocycles. The lowest BCUT2D eigenvalue weighted by Gasteiger charge is -2.08. The molecule has 0 atom stereocenters. The fourth-order valence-corrected chi connectivity index (χ4v) is 2.77. The third-order valence-electron chi connectivity index (χ3n) is 3.96. The van der Waals surface area contributed by atoms with Crippen LogP contribution in [0.25, 0.3) is 11.0 Å². The number of H-pyrrole nitrogens is 2. The maximum absolute atomic E-state index is 12.1. The van der Waals surface area contributed by atoms with Gasteiger partial charge in [0, 0.05) is 17.8 Å². The van der Waals surface area contributed by atoms with Gasteiger partial charge >= 0.3 is 0 Å². The molecule has 0 unspecified atom stereocenters. The van der Waals surface area contributed by atoms with Crippen molar-refractivity contribution in [2.75, 3.05) is 5.73 Å². The number of nitrogen functional groups attached to an aromatic ring is 1. The van der Waals surface area contributed by atoms with Crippen LogP contribution in [0.4, 0.5) is 5.95 Å². The van der Waals surface area contributed by atoms with Crippen LogP contribution in [0.5, 0.6) is 0 Å². The normalized spacial score (nSPS) is 11.2. The van der Waals surface area contributed by atoms with Crippen LogP contribution in [0.15, 0.2) is 35.3 Å². The second-order valence-electron chi connectivity index (χ2n) is 6.31. The Hall–Kier alpha value is -3.09. The predicted molar refractivity (Wildman–Crippen MR) is 97.6 cm³/mol. The first kappa shape index (κ1) is 16.8. The average molecular weight is 339 g/mol. The van der Waals surface area contributed by atoms with Crippen LogP contribution in [0.1, 0.15) is 35.3 Å². The maximum Gasteiger partial charge on any atom is 0.262 e. The Balaban J connectivity index is 1.72. The number of hydrogen-bond donors (Lipinski definition) is 4. The van der Waals surface area contributed by atoms with E-state index in [-0.39, 0.29) is 23.5 Å². The van der Waals surface area contributed by atoms with Gasteiger partial charge in [-0.25, -0.2) is 0 Å². The highest BCUT2D eigenvalue weighted by molar-refractivity contribution is 5.94. The first-order valence-corrected chi connectivity index (χ1v) is 8.19. The summed E-state index contributed by atoms with van der Waals surface area (Å²) in [5.41, 5.74) is 8.44. The van der Waals surface area contributed by atoms with Crippen LogP contribution in [0, 0.1) is 0 Å². The zero-order valence-corrected chi connectivity index (χ0v) is 14.2. The SMILES string of the molecule is CC(C)NC(=O)c1ccc(CCc2c[nH]c3nc(N)[nH]c(=O)c23)cc1. The molecule has 5 N–H and O–H groups in total. The number of hydrogen-bond acceptors (Lipinski definition) is 4. The number of benzene rings is 1. The second kappa shape index (κ2) is 6.80. The highest BCUT2D eigenvalue weighted by atomic mass is 16.1. The third-order valence-corrected chi connectivity index (χ3v) is 3.96. The highest BCUT2D eigenvalue weighted by Gasteiger charge is 2.11. The number of nitrogens with two attached hydrogens (primary N) is 1. The number of nitrogens with zero attached hydrogens (tertiary/aromatic N) is 1. The molecule has 7 nitrogen and oxygen atoms in total. The van der Waals surface area contributed by atoms with Crippen LogP contribution in [-0.4, -0.2) is 26.9 Å². The number of aromatic nitrogens is 3. The molecule has 0 aliphatic rings. The molecule has 2 heterocycles. The number of amides is 1. The van der Waals surface area contributed by atoms with Gasteiger partial charge in [0.05, 0.1) is 5.39 Å². The molecule has 0 aliphatic heterocycles. The van der Waals surface area contributed by atoms with Crippen LogP contribution in [-0.2, 0) is 12.8 Å². The second-order valence-corrected chi connectivity index (χ2v) is 6.31. The number of carbonyl (C=O) groups is 1. The van der Waals surface area contributed by atoms with Crippen molar-refractivity contribution in [1.82, 2.24) is 20.3 Å². The number of fused-ring (bicyclic) bond motifs is 1. The van der Waals surface area contributed by atoms with E-state index in [0.29, 0.717) is 23.0 Å². The van der Waals surface area contributed by atoms with E-state index in [1.54, 1.807) is 6.20 Å². The summed E-state index contributed by atoms with van der Waals surface area (Å²) in [6, 6.07) is 7.61. The number of anilines is 1. The summed E-state index contributed by atoms with van der Waals surface area (Å²) in [5, 5.41) is 3.41. The first-order valence-electron chi connectivity index (χ1n) is 8.19. The summed E-state index contributed by atoms with van der Waals surface area (Å²) >= 11 is 0. The predicted octanol–water partition coefficient (Wildman–Crippen LogP) is 1.76. The lowest BCUT2D eigenvalue weighted by molar-refractivity contribution is 0.0943. The molecule has 1 amide bonds. The maximum atomic E-state index is 12.1. The number of carbonyl (C=O) groups excluding carboxylic acids is 1. The van der Waals surface area contributed by atoms with Crippen molar-refractivity contribution in [2.45, 2.75) is 32.7 Å². The van der Waals surface area contributed by atoms with Crippen molar-refractivity contribution >= 4 is 22.9 Å². The minimum atomic E-state index is -0.237. The van der Waals surface area contributed by atoms with Gasteiger partial charge in [0.25, 0.3) is 11.5 Å². The average Bonchev–Trinajstić information content (AvgIpc) is 2.96. The molecule has 2 aromatic heterocycles. The van der Waals surface area contributed by atoms with Crippen LogP contribution >= 0.6 is 0 Å². The van der Waals surface area contributed by atoms with E-state index < -0.39 is 0 Å². The molecule has 1 aromatic carbocycles. The van der Waals surface area contributed by atoms with Gasteiger partial charge in [-0.2, -0.15) is 4.98 Å². The molecule has 0 saturated heterocycles. The van der Waals surface area contributed by atoms with Crippen LogP contribution in [0.3, 0.4) is 0 Å². The quantitative estimate of drug-likeness (QED) is 0.566. The molecule has 7 heteroatoms. The number of rotatable bonds is 5. The largest absolute Gasteiger partial charge is 0.369 e. The summed E-state index contributed by atoms with van der Waals surface area (Å²) in [7, 11) is 0. The van der Waals surface area contributed by atoms with Gasteiger partial charge in [-0.1, -0.05) is 12.1 Å². The molecule has 3 aromatic rings. The van der Waals surface area contributed by atoms with E-state index in [9.17, 15) is 9.59 Å². The van der Waals surface area contributed by atoms with E-state index in [0.717, 1.165) is 17.5 Å². The smallest absolute Gasteiger partial charge is 0.262 e. The van der Waals surface area contributed by atoms with Gasteiger partial charge in [-0.05, 0) is 49.9 Å². The minimum absolute atomic E-state index is 0.0756. The van der Waals surface area contributed by atoms with Crippen molar-refractivity contribution in [3.8, 4) is 0 Å². The lowest BCUT2D eigenvalue weighted by Crippen LogP contribution is -2.29. The van der Waals surface area contributed by atoms with Crippen LogP contribution in [0.2, 0.25) is 0 Å². The first-order chi connectivity index (χ1) is 11.9. The Bertz CT molecular complexity index is 954. The Morgan fingerprint density at radius 2 is 1.96 bits per heavy atom. The molecule has 0 fully saturated rings. The minimum Gasteiger partial charge on any atom is -0.369 e. The van der Waals surface area contributed by atoms with E-state index in [2.05, 4.69) is 20.3 Å². The molecular formula is C18H21N5O2. The van der Waals surface area contributed by atoms with E-state index >= 15 is 0 Å². The summed E-state index contributed by atoms with van der Waals surface area (Å²) in [5.74, 6) is 0.0227. The zero-order chi connectivity index (χ0) is 18.0. The zero-order valence-electron chi connectivity index (χ0n) is 14.2. The Morgan fingerprint density at radius 1 is 1.24 bits per heavy atom. The third kappa shape index (κ3) is 3.71. The van der Waals surface area contributed by atoms with Crippen molar-refractivity contribution in [2.24, 2.45) is 0 Å². The molecule has 3 rings (SSSR count). The van der Waals surface area contributed by atoms with E-state index in [1.165, 1.54) is 0 Å². The highest BCUT2D eigenvalue weighted by Crippen LogP contribution is 2.16. The van der Waals surface area contributed by atoms with Crippen LogP contribution < -0.4 is 16.6 Å². The van der Waals surface area contributed by atoms with E-state index in [1.807, 2.05) is 38.1 Å². The Labute approximate surface area is 144 Å². The molecule has 25 heavy (non-hydrogen) atoms. The molecular weight excluding hydrogens is 318 g/mol. The molecule has 130 valence electrons. The van der Waals surface area contributed by atoms with Gasteiger partial charge in [0.15, 0.2) is 0 Å². The standard InChI is InChI=1S/C18H21N5O2/c1-10(2)21-16(24)12-6-3-11(4-7-12)5-8-13-9-20-15-14(13)17(25)23-18(19)22-15/h3-4,6-7,9-10H,5,8H2,1-2H3,(H,21,24)(H4,19,20,22,23,25). The molecule has 0 bridgehead atoms. The monoisotopic (exact) mass is 339 g/mol. The fraction of sp³-hybridized carbons (Fsp3) is 0.278. The van der Waals surface area contributed by atoms with Gasteiger partial charge < -0.3 is 16.0 Å². The summed E-state index contributed by atoms with van der Waals surface area (Å²) in [4.78, 5) is 33.6. The number of aromatic amines is 2. The summed E-state index contributed by atoms with van der Waals surface area (Å²) in [6.45, 7) is 3.86.